The van der Waals surface area contributed by atoms with E-state index >= 15 is 0 Å². The number of carbonyl (C=O) groups is 1. The Morgan fingerprint density at radius 2 is 1.58 bits per heavy atom. The average molecular weight is 416 g/mol. The zero-order valence-electron chi connectivity index (χ0n) is 19.3. The largest absolute Gasteiger partial charge is 0.457 e. The monoisotopic (exact) mass is 415 g/mol. The predicted molar refractivity (Wildman–Crippen MR) is 128 cm³/mol. The highest BCUT2D eigenvalue weighted by atomic mass is 16.5. The van der Waals surface area contributed by atoms with Gasteiger partial charge in [-0.25, -0.2) is 0 Å². The van der Waals surface area contributed by atoms with Crippen molar-refractivity contribution in [2.75, 3.05) is 6.54 Å². The third kappa shape index (κ3) is 4.32. The van der Waals surface area contributed by atoms with Crippen LogP contribution in [0, 0.1) is 0 Å². The molecule has 0 spiro atoms. The summed E-state index contributed by atoms with van der Waals surface area (Å²) in [4.78, 5) is 12.0. The summed E-state index contributed by atoms with van der Waals surface area (Å²) in [5, 5.41) is 5.05. The van der Waals surface area contributed by atoms with E-state index in [9.17, 15) is 4.79 Å². The van der Waals surface area contributed by atoms with Gasteiger partial charge in [-0.2, -0.15) is 0 Å². The number of amides is 1. The number of hydrogen-bond acceptors (Lipinski definition) is 2. The first kappa shape index (κ1) is 21.4. The standard InChI is InChI=1S/C28H33NO2/c1-6-29-26(30)17-20-9-7-8-19-16-21(10-12-23(19)20)31-22-11-13-24-25(18-22)28(4,5)15-14-27(24,2)3/h7-13,16,18H,6,14-15,17H2,1-5H3,(H,29,30). The Labute approximate surface area is 185 Å². The number of likely N-dealkylation sites (N-methyl/N-ethyl adjacent to an activating group) is 1. The van der Waals surface area contributed by atoms with Gasteiger partial charge in [0.2, 0.25) is 5.91 Å². The van der Waals surface area contributed by atoms with E-state index in [1.54, 1.807) is 0 Å². The van der Waals surface area contributed by atoms with Crippen LogP contribution < -0.4 is 10.1 Å². The maximum atomic E-state index is 12.0. The molecule has 4 rings (SSSR count). The third-order valence-electron chi connectivity index (χ3n) is 6.73. The Morgan fingerprint density at radius 1 is 0.903 bits per heavy atom. The third-order valence-corrected chi connectivity index (χ3v) is 6.73. The summed E-state index contributed by atoms with van der Waals surface area (Å²) in [6, 6.07) is 18.8. The highest BCUT2D eigenvalue weighted by Crippen LogP contribution is 2.47. The van der Waals surface area contributed by atoms with E-state index in [4.69, 9.17) is 4.74 Å². The van der Waals surface area contributed by atoms with Gasteiger partial charge in [0, 0.05) is 6.54 Å². The van der Waals surface area contributed by atoms with Crippen LogP contribution in [0.2, 0.25) is 0 Å². The number of fused-ring (bicyclic) bond motifs is 2. The van der Waals surface area contributed by atoms with Crippen molar-refractivity contribution >= 4 is 16.7 Å². The summed E-state index contributed by atoms with van der Waals surface area (Å²) in [6.07, 6.45) is 2.78. The van der Waals surface area contributed by atoms with Gasteiger partial charge < -0.3 is 10.1 Å². The van der Waals surface area contributed by atoms with Crippen LogP contribution in [0.4, 0.5) is 0 Å². The maximum absolute atomic E-state index is 12.0. The van der Waals surface area contributed by atoms with Gasteiger partial charge in [-0.3, -0.25) is 4.79 Å². The van der Waals surface area contributed by atoms with Gasteiger partial charge in [-0.15, -0.1) is 0 Å². The van der Waals surface area contributed by atoms with Gasteiger partial charge in [0.1, 0.15) is 11.5 Å². The number of nitrogens with one attached hydrogen (secondary N) is 1. The molecule has 0 heterocycles. The highest BCUT2D eigenvalue weighted by molar-refractivity contribution is 5.91. The molecule has 0 saturated carbocycles. The normalized spacial score (nSPS) is 16.5. The minimum Gasteiger partial charge on any atom is -0.457 e. The highest BCUT2D eigenvalue weighted by Gasteiger charge is 2.37. The van der Waals surface area contributed by atoms with Crippen molar-refractivity contribution in [1.29, 1.82) is 0 Å². The molecule has 0 unspecified atom stereocenters. The molecule has 1 aliphatic carbocycles. The second kappa shape index (κ2) is 8.03. The molecular weight excluding hydrogens is 382 g/mol. The van der Waals surface area contributed by atoms with Gasteiger partial charge >= 0.3 is 0 Å². The van der Waals surface area contributed by atoms with Crippen LogP contribution in [0.25, 0.3) is 10.8 Å². The predicted octanol–water partition coefficient (Wildman–Crippen LogP) is 6.66. The topological polar surface area (TPSA) is 38.3 Å². The first-order valence-corrected chi connectivity index (χ1v) is 11.3. The van der Waals surface area contributed by atoms with E-state index < -0.39 is 0 Å². The van der Waals surface area contributed by atoms with E-state index in [0.29, 0.717) is 13.0 Å². The molecule has 3 nitrogen and oxygen atoms in total. The number of carbonyl (C=O) groups excluding carboxylic acids is 1. The lowest BCUT2D eigenvalue weighted by Gasteiger charge is -2.41. The van der Waals surface area contributed by atoms with E-state index in [0.717, 1.165) is 27.8 Å². The van der Waals surface area contributed by atoms with Crippen molar-refractivity contribution in [3.63, 3.8) is 0 Å². The number of ether oxygens (including phenoxy) is 1. The second-order valence-electron chi connectivity index (χ2n) is 10.0. The molecule has 0 fully saturated rings. The zero-order chi connectivity index (χ0) is 22.2. The van der Waals surface area contributed by atoms with Gasteiger partial charge in [0.15, 0.2) is 0 Å². The molecule has 0 radical (unpaired) electrons. The molecule has 3 aromatic rings. The molecule has 162 valence electrons. The molecular formula is C28H33NO2. The Balaban J connectivity index is 1.63. The Morgan fingerprint density at radius 3 is 2.32 bits per heavy atom. The first-order chi connectivity index (χ1) is 14.7. The summed E-state index contributed by atoms with van der Waals surface area (Å²) in [6.45, 7) is 11.9. The fourth-order valence-electron chi connectivity index (χ4n) is 4.75. The molecule has 0 bridgehead atoms. The van der Waals surface area contributed by atoms with Crippen molar-refractivity contribution < 1.29 is 9.53 Å². The van der Waals surface area contributed by atoms with Crippen molar-refractivity contribution in [2.45, 2.75) is 64.7 Å². The van der Waals surface area contributed by atoms with Crippen LogP contribution in [0.15, 0.2) is 54.6 Å². The minimum absolute atomic E-state index is 0.0509. The summed E-state index contributed by atoms with van der Waals surface area (Å²) in [5.74, 6) is 1.74. The molecule has 1 aliphatic rings. The molecule has 3 heteroatoms. The average Bonchev–Trinajstić information content (AvgIpc) is 2.72. The lowest BCUT2D eigenvalue weighted by Crippen LogP contribution is -2.33. The van der Waals surface area contributed by atoms with Crippen molar-refractivity contribution in [2.24, 2.45) is 0 Å². The second-order valence-corrected chi connectivity index (χ2v) is 10.0. The van der Waals surface area contributed by atoms with Gasteiger partial charge in [0.05, 0.1) is 6.42 Å². The fourth-order valence-corrected chi connectivity index (χ4v) is 4.75. The fraction of sp³-hybridized carbons (Fsp3) is 0.393. The Kier molecular flexibility index (Phi) is 5.55. The van der Waals surface area contributed by atoms with Crippen LogP contribution in [-0.2, 0) is 22.0 Å². The number of benzene rings is 3. The Bertz CT molecular complexity index is 1130. The van der Waals surface area contributed by atoms with Gasteiger partial charge in [-0.1, -0.05) is 58.0 Å². The lowest BCUT2D eigenvalue weighted by atomic mass is 9.63. The van der Waals surface area contributed by atoms with Crippen molar-refractivity contribution in [3.05, 3.63) is 71.3 Å². The lowest BCUT2D eigenvalue weighted by molar-refractivity contribution is -0.120. The molecule has 0 aromatic heterocycles. The summed E-state index contributed by atoms with van der Waals surface area (Å²) in [7, 11) is 0. The molecule has 1 amide bonds. The molecule has 31 heavy (non-hydrogen) atoms. The van der Waals surface area contributed by atoms with Crippen LogP contribution in [0.5, 0.6) is 11.5 Å². The number of rotatable bonds is 5. The quantitative estimate of drug-likeness (QED) is 0.506. The zero-order valence-corrected chi connectivity index (χ0v) is 19.3. The minimum atomic E-state index is 0.0509. The smallest absolute Gasteiger partial charge is 0.224 e. The molecule has 1 N–H and O–H groups in total. The number of hydrogen-bond donors (Lipinski definition) is 1. The summed E-state index contributed by atoms with van der Waals surface area (Å²) < 4.78 is 6.29. The van der Waals surface area contributed by atoms with E-state index in [1.807, 2.05) is 25.1 Å². The molecule has 3 aromatic carbocycles. The summed E-state index contributed by atoms with van der Waals surface area (Å²) >= 11 is 0. The van der Waals surface area contributed by atoms with Crippen LogP contribution in [0.1, 0.15) is 64.2 Å². The maximum Gasteiger partial charge on any atom is 0.224 e. The van der Waals surface area contributed by atoms with Crippen LogP contribution in [-0.4, -0.2) is 12.5 Å². The van der Waals surface area contributed by atoms with E-state index in [1.165, 1.54) is 24.0 Å². The van der Waals surface area contributed by atoms with Gasteiger partial charge in [-0.05, 0) is 82.3 Å². The summed E-state index contributed by atoms with van der Waals surface area (Å²) in [5.41, 5.74) is 4.22. The van der Waals surface area contributed by atoms with Crippen LogP contribution >= 0.6 is 0 Å². The Hall–Kier alpha value is -2.81. The van der Waals surface area contributed by atoms with Crippen molar-refractivity contribution in [1.82, 2.24) is 5.32 Å². The van der Waals surface area contributed by atoms with E-state index in [2.05, 4.69) is 69.4 Å². The van der Waals surface area contributed by atoms with Gasteiger partial charge in [0.25, 0.3) is 0 Å². The SMILES string of the molecule is CCNC(=O)Cc1cccc2cc(Oc3ccc4c(c3)C(C)(C)CCC4(C)C)ccc12. The van der Waals surface area contributed by atoms with Crippen LogP contribution in [0.3, 0.4) is 0 Å². The molecule has 0 aliphatic heterocycles. The van der Waals surface area contributed by atoms with Crippen molar-refractivity contribution in [3.8, 4) is 11.5 Å². The first-order valence-electron chi connectivity index (χ1n) is 11.3. The van der Waals surface area contributed by atoms with E-state index in [-0.39, 0.29) is 16.7 Å². The molecule has 0 saturated heterocycles. The molecule has 0 atom stereocenters.